The molecule has 1 aliphatic heterocycles. The Labute approximate surface area is 121 Å². The summed E-state index contributed by atoms with van der Waals surface area (Å²) in [5.74, 6) is -0.210. The van der Waals surface area contributed by atoms with E-state index in [4.69, 9.17) is 5.14 Å². The lowest BCUT2D eigenvalue weighted by molar-refractivity contribution is 0.0988. The quantitative estimate of drug-likeness (QED) is 0.860. The first-order valence-corrected chi connectivity index (χ1v) is 7.74. The Morgan fingerprint density at radius 1 is 1.24 bits per heavy atom. The molecule has 1 aliphatic rings. The summed E-state index contributed by atoms with van der Waals surface area (Å²) in [6.45, 7) is 0.483. The maximum Gasteiger partial charge on any atom is 0.261 e. The SMILES string of the molecule is NS(=O)(=O)c1ccc2c(c1)CCN2C(=O)c1cncnc1. The van der Waals surface area contributed by atoms with E-state index in [1.165, 1.54) is 30.9 Å². The number of primary sulfonamides is 1. The third-order valence-corrected chi connectivity index (χ3v) is 4.24. The Balaban J connectivity index is 1.97. The van der Waals surface area contributed by atoms with Gasteiger partial charge < -0.3 is 4.90 Å². The summed E-state index contributed by atoms with van der Waals surface area (Å²) in [6.07, 6.45) is 4.84. The number of sulfonamides is 1. The van der Waals surface area contributed by atoms with Crippen LogP contribution in [-0.2, 0) is 16.4 Å². The van der Waals surface area contributed by atoms with Crippen LogP contribution in [0.4, 0.5) is 5.69 Å². The Kier molecular flexibility index (Phi) is 3.19. The van der Waals surface area contributed by atoms with Gasteiger partial charge in [0.2, 0.25) is 10.0 Å². The molecule has 0 atom stereocenters. The van der Waals surface area contributed by atoms with Gasteiger partial charge in [0.1, 0.15) is 6.33 Å². The van der Waals surface area contributed by atoms with Crippen LogP contribution in [0.3, 0.4) is 0 Å². The molecule has 1 aromatic carbocycles. The average molecular weight is 304 g/mol. The van der Waals surface area contributed by atoms with Gasteiger partial charge in [0, 0.05) is 24.6 Å². The highest BCUT2D eigenvalue weighted by Crippen LogP contribution is 2.30. The van der Waals surface area contributed by atoms with E-state index in [0.29, 0.717) is 24.2 Å². The summed E-state index contributed by atoms with van der Waals surface area (Å²) in [6, 6.07) is 4.52. The minimum absolute atomic E-state index is 0.0543. The molecule has 0 saturated carbocycles. The number of hydrogen-bond donors (Lipinski definition) is 1. The van der Waals surface area contributed by atoms with Crippen LogP contribution < -0.4 is 10.0 Å². The lowest BCUT2D eigenvalue weighted by Crippen LogP contribution is -2.29. The summed E-state index contributed by atoms with van der Waals surface area (Å²) in [5, 5.41) is 5.11. The Morgan fingerprint density at radius 2 is 1.95 bits per heavy atom. The second-order valence-corrected chi connectivity index (χ2v) is 6.23. The minimum Gasteiger partial charge on any atom is -0.308 e. The van der Waals surface area contributed by atoms with Crippen LogP contribution in [0.25, 0.3) is 0 Å². The van der Waals surface area contributed by atoms with Crippen LogP contribution in [0.2, 0.25) is 0 Å². The van der Waals surface area contributed by atoms with Crippen LogP contribution in [0.1, 0.15) is 15.9 Å². The van der Waals surface area contributed by atoms with Crippen molar-refractivity contribution in [2.75, 3.05) is 11.4 Å². The molecule has 0 saturated heterocycles. The number of nitrogens with two attached hydrogens (primary N) is 1. The molecule has 7 nitrogen and oxygen atoms in total. The van der Waals surface area contributed by atoms with Crippen LogP contribution >= 0.6 is 0 Å². The normalized spacial score (nSPS) is 14.0. The topological polar surface area (TPSA) is 106 Å². The molecule has 0 radical (unpaired) electrons. The van der Waals surface area contributed by atoms with Crippen molar-refractivity contribution in [1.82, 2.24) is 9.97 Å². The molecule has 2 aromatic rings. The van der Waals surface area contributed by atoms with Gasteiger partial charge >= 0.3 is 0 Å². The van der Waals surface area contributed by atoms with E-state index in [1.807, 2.05) is 0 Å². The lowest BCUT2D eigenvalue weighted by Gasteiger charge is -2.17. The molecular formula is C13H12N4O3S. The van der Waals surface area contributed by atoms with Crippen molar-refractivity contribution in [3.63, 3.8) is 0 Å². The second-order valence-electron chi connectivity index (χ2n) is 4.67. The van der Waals surface area contributed by atoms with E-state index < -0.39 is 10.0 Å². The highest BCUT2D eigenvalue weighted by Gasteiger charge is 2.27. The molecule has 0 unspecified atom stereocenters. The summed E-state index contributed by atoms with van der Waals surface area (Å²) >= 11 is 0. The summed E-state index contributed by atoms with van der Waals surface area (Å²) in [5.41, 5.74) is 1.86. The molecule has 1 amide bonds. The first kappa shape index (κ1) is 13.7. The van der Waals surface area contributed by atoms with Crippen LogP contribution in [0.15, 0.2) is 41.8 Å². The number of rotatable bonds is 2. The van der Waals surface area contributed by atoms with Gasteiger partial charge in [-0.15, -0.1) is 0 Å². The number of fused-ring (bicyclic) bond motifs is 1. The number of amides is 1. The maximum atomic E-state index is 12.4. The summed E-state index contributed by atoms with van der Waals surface area (Å²) in [7, 11) is -3.74. The number of aromatic nitrogens is 2. The lowest BCUT2D eigenvalue weighted by atomic mass is 10.2. The largest absolute Gasteiger partial charge is 0.308 e. The monoisotopic (exact) mass is 304 g/mol. The number of carbonyl (C=O) groups excluding carboxylic acids is 1. The molecule has 1 aromatic heterocycles. The highest BCUT2D eigenvalue weighted by molar-refractivity contribution is 7.89. The third-order valence-electron chi connectivity index (χ3n) is 3.33. The van der Waals surface area contributed by atoms with E-state index in [1.54, 1.807) is 11.0 Å². The smallest absolute Gasteiger partial charge is 0.261 e. The first-order valence-electron chi connectivity index (χ1n) is 6.19. The zero-order valence-corrected chi connectivity index (χ0v) is 11.7. The predicted octanol–water partition coefficient (Wildman–Crippen LogP) is 0.327. The van der Waals surface area contributed by atoms with E-state index in [0.717, 1.165) is 5.56 Å². The van der Waals surface area contributed by atoms with Gasteiger partial charge in [0.15, 0.2) is 0 Å². The Hall–Kier alpha value is -2.32. The standard InChI is InChI=1S/C13H12N4O3S/c14-21(19,20)11-1-2-12-9(5-11)3-4-17(12)13(18)10-6-15-8-16-7-10/h1-2,5-8H,3-4H2,(H2,14,19,20). The van der Waals surface area contributed by atoms with Gasteiger partial charge in [-0.1, -0.05) is 0 Å². The molecule has 0 fully saturated rings. The molecule has 3 rings (SSSR count). The predicted molar refractivity (Wildman–Crippen MR) is 75.2 cm³/mol. The fraction of sp³-hybridized carbons (Fsp3) is 0.154. The van der Waals surface area contributed by atoms with Gasteiger partial charge in [-0.2, -0.15) is 0 Å². The zero-order chi connectivity index (χ0) is 15.0. The van der Waals surface area contributed by atoms with Crippen LogP contribution in [0, 0.1) is 0 Å². The fourth-order valence-electron chi connectivity index (χ4n) is 2.33. The molecule has 0 aliphatic carbocycles. The molecule has 21 heavy (non-hydrogen) atoms. The fourth-order valence-corrected chi connectivity index (χ4v) is 2.90. The first-order chi connectivity index (χ1) is 9.97. The number of nitrogens with zero attached hydrogens (tertiary/aromatic N) is 3. The number of benzene rings is 1. The molecule has 0 bridgehead atoms. The van der Waals surface area contributed by atoms with Crippen LogP contribution in [-0.4, -0.2) is 30.8 Å². The minimum atomic E-state index is -3.74. The van der Waals surface area contributed by atoms with Crippen molar-refractivity contribution in [1.29, 1.82) is 0 Å². The van der Waals surface area contributed by atoms with E-state index in [2.05, 4.69) is 9.97 Å². The molecule has 108 valence electrons. The molecule has 0 spiro atoms. The van der Waals surface area contributed by atoms with Gasteiger partial charge in [-0.3, -0.25) is 4.79 Å². The summed E-state index contributed by atoms with van der Waals surface area (Å²) in [4.78, 5) is 21.7. The number of carbonyl (C=O) groups is 1. The van der Waals surface area contributed by atoms with Crippen molar-refractivity contribution in [3.05, 3.63) is 48.0 Å². The van der Waals surface area contributed by atoms with E-state index in [9.17, 15) is 13.2 Å². The van der Waals surface area contributed by atoms with Gasteiger partial charge in [-0.25, -0.2) is 23.5 Å². The molecule has 2 heterocycles. The Bertz CT molecular complexity index is 805. The van der Waals surface area contributed by atoms with Crippen LogP contribution in [0.5, 0.6) is 0 Å². The molecule has 2 N–H and O–H groups in total. The van der Waals surface area contributed by atoms with E-state index >= 15 is 0 Å². The Morgan fingerprint density at radius 3 is 2.62 bits per heavy atom. The van der Waals surface area contributed by atoms with Crippen molar-refractivity contribution in [3.8, 4) is 0 Å². The van der Waals surface area contributed by atoms with Gasteiger partial charge in [-0.05, 0) is 30.2 Å². The van der Waals surface area contributed by atoms with Gasteiger partial charge in [0.25, 0.3) is 5.91 Å². The maximum absolute atomic E-state index is 12.4. The van der Waals surface area contributed by atoms with Crippen molar-refractivity contribution in [2.45, 2.75) is 11.3 Å². The average Bonchev–Trinajstić information content (AvgIpc) is 2.89. The number of hydrogen-bond acceptors (Lipinski definition) is 5. The highest BCUT2D eigenvalue weighted by atomic mass is 32.2. The van der Waals surface area contributed by atoms with Gasteiger partial charge in [0.05, 0.1) is 10.5 Å². The molecule has 8 heteroatoms. The van der Waals surface area contributed by atoms with Crippen molar-refractivity contribution < 1.29 is 13.2 Å². The molecular weight excluding hydrogens is 292 g/mol. The summed E-state index contributed by atoms with van der Waals surface area (Å²) < 4.78 is 22.7. The number of anilines is 1. The van der Waals surface area contributed by atoms with Crippen molar-refractivity contribution >= 4 is 21.6 Å². The van der Waals surface area contributed by atoms with E-state index in [-0.39, 0.29) is 10.8 Å². The zero-order valence-electron chi connectivity index (χ0n) is 10.9. The third kappa shape index (κ3) is 2.50. The van der Waals surface area contributed by atoms with Crippen molar-refractivity contribution in [2.24, 2.45) is 5.14 Å². The second kappa shape index (κ2) is 4.90.